The van der Waals surface area contributed by atoms with Gasteiger partial charge in [-0.25, -0.2) is 15.0 Å². The van der Waals surface area contributed by atoms with Crippen molar-refractivity contribution in [3.8, 4) is 56.2 Å². The van der Waals surface area contributed by atoms with E-state index in [1.807, 2.05) is 36.4 Å². The molecule has 1 spiro atoms. The van der Waals surface area contributed by atoms with E-state index >= 15 is 0 Å². The van der Waals surface area contributed by atoms with Gasteiger partial charge in [0.1, 0.15) is 5.82 Å². The zero-order valence-corrected chi connectivity index (χ0v) is 27.1. The Labute approximate surface area is 290 Å². The molecular weight excluding hydrogens is 607 g/mol. The van der Waals surface area contributed by atoms with Crippen molar-refractivity contribution in [1.82, 2.24) is 15.0 Å². The maximum Gasteiger partial charge on any atom is 0.163 e. The first-order chi connectivity index (χ1) is 24.8. The van der Waals surface area contributed by atoms with Crippen LogP contribution in [0.5, 0.6) is 0 Å². The molecule has 3 nitrogen and oxygen atoms in total. The summed E-state index contributed by atoms with van der Waals surface area (Å²) < 4.78 is 0. The molecule has 3 aliphatic carbocycles. The van der Waals surface area contributed by atoms with Crippen LogP contribution in [0.15, 0.2) is 170 Å². The van der Waals surface area contributed by atoms with Gasteiger partial charge in [-0.05, 0) is 66.8 Å². The molecule has 0 radical (unpaired) electrons. The molecule has 0 N–H and O–H groups in total. The molecule has 1 aromatic heterocycles. The molecule has 7 aromatic carbocycles. The Morgan fingerprint density at radius 1 is 0.360 bits per heavy atom. The predicted octanol–water partition coefficient (Wildman–Crippen LogP) is 10.7. The lowest BCUT2D eigenvalue weighted by Gasteiger charge is -2.30. The van der Waals surface area contributed by atoms with E-state index in [0.717, 1.165) is 17.0 Å². The summed E-state index contributed by atoms with van der Waals surface area (Å²) in [4.78, 5) is 15.7. The standard InChI is InChI=1S/C47H29N3/c1-3-15-29(16-4-1)44-48-45(30-17-5-2-6-18-30)50-46(49-44)43-34-22-8-7-19-31(34)35-27-28-40-41(42(35)43)36-23-11-14-26-39(36)47(40)37-24-12-9-20-32(37)33-21-10-13-25-38(33)47/h1-28,43H. The molecule has 3 aliphatic rings. The SMILES string of the molecule is c1ccc(-c2nc(-c3ccccc3)nc(C3c4ccccc4-c4ccc5c(c43)-c3ccccc3C53c4ccccc4-c4ccccc43)n2)cc1. The van der Waals surface area contributed by atoms with Gasteiger partial charge in [-0.1, -0.05) is 170 Å². The molecule has 3 heteroatoms. The van der Waals surface area contributed by atoms with Crippen molar-refractivity contribution in [1.29, 1.82) is 0 Å². The quantitative estimate of drug-likeness (QED) is 0.194. The third-order valence-corrected chi connectivity index (χ3v) is 11.0. The fourth-order valence-corrected chi connectivity index (χ4v) is 9.12. The van der Waals surface area contributed by atoms with Crippen LogP contribution in [-0.4, -0.2) is 15.0 Å². The first-order valence-electron chi connectivity index (χ1n) is 17.2. The molecule has 0 aliphatic heterocycles. The number of hydrogen-bond acceptors (Lipinski definition) is 3. The lowest BCUT2D eigenvalue weighted by molar-refractivity contribution is 0.791. The van der Waals surface area contributed by atoms with Gasteiger partial charge in [0.2, 0.25) is 0 Å². The summed E-state index contributed by atoms with van der Waals surface area (Å²) in [6.07, 6.45) is 0. The van der Waals surface area contributed by atoms with Gasteiger partial charge >= 0.3 is 0 Å². The highest BCUT2D eigenvalue weighted by Crippen LogP contribution is 2.65. The molecule has 1 heterocycles. The number of fused-ring (bicyclic) bond motifs is 14. The minimum atomic E-state index is -0.420. The summed E-state index contributed by atoms with van der Waals surface area (Å²) in [5.41, 5.74) is 17.1. The monoisotopic (exact) mass is 635 g/mol. The van der Waals surface area contributed by atoms with Crippen molar-refractivity contribution < 1.29 is 0 Å². The molecule has 0 fully saturated rings. The van der Waals surface area contributed by atoms with Gasteiger partial charge in [0.15, 0.2) is 11.6 Å². The number of benzene rings is 7. The minimum absolute atomic E-state index is 0.181. The lowest BCUT2D eigenvalue weighted by Crippen LogP contribution is -2.25. The summed E-state index contributed by atoms with van der Waals surface area (Å²) in [5, 5.41) is 0. The fraction of sp³-hybridized carbons (Fsp3) is 0.0426. The van der Waals surface area contributed by atoms with E-state index in [1.165, 1.54) is 66.8 Å². The Morgan fingerprint density at radius 3 is 1.44 bits per heavy atom. The van der Waals surface area contributed by atoms with Crippen LogP contribution >= 0.6 is 0 Å². The molecule has 50 heavy (non-hydrogen) atoms. The molecule has 0 saturated carbocycles. The van der Waals surface area contributed by atoms with Crippen LogP contribution in [-0.2, 0) is 5.41 Å². The molecule has 0 saturated heterocycles. The third kappa shape index (κ3) is 3.56. The number of aromatic nitrogens is 3. The highest BCUT2D eigenvalue weighted by Gasteiger charge is 2.53. The highest BCUT2D eigenvalue weighted by molar-refractivity contribution is 5.99. The third-order valence-electron chi connectivity index (χ3n) is 11.0. The zero-order valence-electron chi connectivity index (χ0n) is 27.1. The Balaban J connectivity index is 1.24. The van der Waals surface area contributed by atoms with Crippen LogP contribution in [0.4, 0.5) is 0 Å². The number of hydrogen-bond donors (Lipinski definition) is 0. The molecule has 11 rings (SSSR count). The van der Waals surface area contributed by atoms with Crippen molar-refractivity contribution in [3.63, 3.8) is 0 Å². The average Bonchev–Trinajstić information content (AvgIpc) is 3.80. The predicted molar refractivity (Wildman–Crippen MR) is 200 cm³/mol. The van der Waals surface area contributed by atoms with Crippen LogP contribution in [0.3, 0.4) is 0 Å². The van der Waals surface area contributed by atoms with Crippen LogP contribution in [0.25, 0.3) is 56.2 Å². The second-order valence-corrected chi connectivity index (χ2v) is 13.4. The van der Waals surface area contributed by atoms with Crippen molar-refractivity contribution in [2.75, 3.05) is 0 Å². The first kappa shape index (κ1) is 27.5. The highest BCUT2D eigenvalue weighted by atomic mass is 15.0. The van der Waals surface area contributed by atoms with E-state index in [9.17, 15) is 0 Å². The van der Waals surface area contributed by atoms with Gasteiger partial charge in [0, 0.05) is 11.1 Å². The molecule has 1 atom stereocenters. The second kappa shape index (κ2) is 10.3. The molecule has 8 aromatic rings. The Morgan fingerprint density at radius 2 is 0.840 bits per heavy atom. The van der Waals surface area contributed by atoms with Crippen molar-refractivity contribution in [3.05, 3.63) is 209 Å². The Bertz CT molecular complexity index is 2560. The van der Waals surface area contributed by atoms with Gasteiger partial charge < -0.3 is 0 Å². The second-order valence-electron chi connectivity index (χ2n) is 13.4. The molecule has 232 valence electrons. The average molecular weight is 636 g/mol. The van der Waals surface area contributed by atoms with E-state index in [4.69, 9.17) is 15.0 Å². The zero-order chi connectivity index (χ0) is 32.8. The normalized spacial score (nSPS) is 15.2. The van der Waals surface area contributed by atoms with E-state index < -0.39 is 5.41 Å². The Hall–Kier alpha value is -6.45. The van der Waals surface area contributed by atoms with Crippen LogP contribution < -0.4 is 0 Å². The summed E-state index contributed by atoms with van der Waals surface area (Å²) in [7, 11) is 0. The van der Waals surface area contributed by atoms with E-state index in [0.29, 0.717) is 11.6 Å². The first-order valence-corrected chi connectivity index (χ1v) is 17.2. The molecule has 0 amide bonds. The van der Waals surface area contributed by atoms with Gasteiger partial charge in [0.25, 0.3) is 0 Å². The number of nitrogens with zero attached hydrogens (tertiary/aromatic N) is 3. The Kier molecular flexibility index (Phi) is 5.65. The summed E-state index contributed by atoms with van der Waals surface area (Å²) in [5.74, 6) is 1.95. The van der Waals surface area contributed by atoms with E-state index in [2.05, 4.69) is 133 Å². The summed E-state index contributed by atoms with van der Waals surface area (Å²) in [6, 6.07) is 61.2. The van der Waals surface area contributed by atoms with Gasteiger partial charge in [-0.15, -0.1) is 0 Å². The van der Waals surface area contributed by atoms with E-state index in [1.54, 1.807) is 0 Å². The summed E-state index contributed by atoms with van der Waals surface area (Å²) in [6.45, 7) is 0. The van der Waals surface area contributed by atoms with Crippen LogP contribution in [0.1, 0.15) is 45.1 Å². The van der Waals surface area contributed by atoms with E-state index in [-0.39, 0.29) is 5.92 Å². The van der Waals surface area contributed by atoms with Crippen molar-refractivity contribution in [2.24, 2.45) is 0 Å². The molecule has 1 unspecified atom stereocenters. The number of rotatable bonds is 3. The van der Waals surface area contributed by atoms with Crippen molar-refractivity contribution in [2.45, 2.75) is 11.3 Å². The maximum absolute atomic E-state index is 5.33. The topological polar surface area (TPSA) is 38.7 Å². The van der Waals surface area contributed by atoms with Gasteiger partial charge in [-0.3, -0.25) is 0 Å². The largest absolute Gasteiger partial charge is 0.212 e. The van der Waals surface area contributed by atoms with Crippen molar-refractivity contribution >= 4 is 0 Å². The maximum atomic E-state index is 5.33. The molecular formula is C47H29N3. The molecule has 0 bridgehead atoms. The minimum Gasteiger partial charge on any atom is -0.212 e. The fourth-order valence-electron chi connectivity index (χ4n) is 9.12. The summed E-state index contributed by atoms with van der Waals surface area (Å²) >= 11 is 0. The lowest BCUT2D eigenvalue weighted by atomic mass is 9.70. The smallest absolute Gasteiger partial charge is 0.163 e. The van der Waals surface area contributed by atoms with Crippen LogP contribution in [0.2, 0.25) is 0 Å². The van der Waals surface area contributed by atoms with Gasteiger partial charge in [0.05, 0.1) is 11.3 Å². The van der Waals surface area contributed by atoms with Crippen LogP contribution in [0, 0.1) is 0 Å². The van der Waals surface area contributed by atoms with Gasteiger partial charge in [-0.2, -0.15) is 0 Å².